The molecule has 1 aromatic rings. The number of nitrogens with one attached hydrogen (secondary N) is 1. The van der Waals surface area contributed by atoms with Gasteiger partial charge >= 0.3 is 0 Å². The SMILES string of the molecule is O=S1(=O)CCCC1CNCc1cc(Cl)cc(Cl)c1O. The van der Waals surface area contributed by atoms with Gasteiger partial charge in [-0.3, -0.25) is 0 Å². The first-order chi connectivity index (χ1) is 8.90. The number of hydrogen-bond donors (Lipinski definition) is 2. The van der Waals surface area contributed by atoms with Gasteiger partial charge in [0.05, 0.1) is 16.0 Å². The molecule has 106 valence electrons. The highest BCUT2D eigenvalue weighted by atomic mass is 35.5. The number of rotatable bonds is 4. The van der Waals surface area contributed by atoms with E-state index in [1.165, 1.54) is 6.07 Å². The maximum Gasteiger partial charge on any atom is 0.154 e. The molecular weight excluding hydrogens is 309 g/mol. The number of sulfone groups is 1. The second-order valence-corrected chi connectivity index (χ2v) is 7.90. The van der Waals surface area contributed by atoms with Crippen molar-refractivity contribution in [3.63, 3.8) is 0 Å². The molecule has 1 atom stereocenters. The predicted octanol–water partition coefficient (Wildman–Crippen LogP) is 2.37. The van der Waals surface area contributed by atoms with E-state index in [2.05, 4.69) is 5.32 Å². The number of phenolic OH excluding ortho intramolecular Hbond substituents is 1. The molecule has 7 heteroatoms. The molecule has 0 bridgehead atoms. The van der Waals surface area contributed by atoms with Gasteiger partial charge in [-0.1, -0.05) is 23.2 Å². The van der Waals surface area contributed by atoms with Gasteiger partial charge in [-0.25, -0.2) is 8.42 Å². The highest BCUT2D eigenvalue weighted by Crippen LogP contribution is 2.31. The Kier molecular flexibility index (Phi) is 4.61. The molecule has 1 saturated heterocycles. The van der Waals surface area contributed by atoms with Crippen molar-refractivity contribution in [1.29, 1.82) is 0 Å². The Morgan fingerprint density at radius 3 is 2.74 bits per heavy atom. The van der Waals surface area contributed by atoms with Crippen LogP contribution < -0.4 is 5.32 Å². The zero-order valence-electron chi connectivity index (χ0n) is 10.2. The monoisotopic (exact) mass is 323 g/mol. The molecule has 0 aliphatic carbocycles. The van der Waals surface area contributed by atoms with Crippen LogP contribution in [0.5, 0.6) is 5.75 Å². The lowest BCUT2D eigenvalue weighted by atomic mass is 10.2. The lowest BCUT2D eigenvalue weighted by Gasteiger charge is -2.12. The summed E-state index contributed by atoms with van der Waals surface area (Å²) in [6, 6.07) is 3.07. The smallest absolute Gasteiger partial charge is 0.154 e. The van der Waals surface area contributed by atoms with Crippen LogP contribution in [0.15, 0.2) is 12.1 Å². The van der Waals surface area contributed by atoms with E-state index in [4.69, 9.17) is 23.2 Å². The first kappa shape index (κ1) is 14.9. The third kappa shape index (κ3) is 3.54. The molecule has 0 aromatic heterocycles. The molecule has 0 amide bonds. The fraction of sp³-hybridized carbons (Fsp3) is 0.500. The third-order valence-corrected chi connectivity index (χ3v) is 6.04. The lowest BCUT2D eigenvalue weighted by Crippen LogP contribution is -2.30. The van der Waals surface area contributed by atoms with E-state index in [-0.39, 0.29) is 21.8 Å². The zero-order chi connectivity index (χ0) is 14.0. The molecule has 1 heterocycles. The molecule has 4 nitrogen and oxygen atoms in total. The van der Waals surface area contributed by atoms with Crippen LogP contribution in [0.25, 0.3) is 0 Å². The van der Waals surface area contributed by atoms with E-state index >= 15 is 0 Å². The Bertz CT molecular complexity index is 575. The van der Waals surface area contributed by atoms with Gasteiger partial charge in [-0.2, -0.15) is 0 Å². The van der Waals surface area contributed by atoms with Crippen molar-refractivity contribution >= 4 is 33.0 Å². The number of aromatic hydroxyl groups is 1. The Morgan fingerprint density at radius 2 is 2.11 bits per heavy atom. The molecule has 1 aromatic carbocycles. The molecule has 1 unspecified atom stereocenters. The van der Waals surface area contributed by atoms with E-state index in [9.17, 15) is 13.5 Å². The van der Waals surface area contributed by atoms with Gasteiger partial charge in [-0.15, -0.1) is 0 Å². The van der Waals surface area contributed by atoms with Crippen molar-refractivity contribution in [3.8, 4) is 5.75 Å². The quantitative estimate of drug-likeness (QED) is 0.892. The van der Waals surface area contributed by atoms with Crippen molar-refractivity contribution in [2.45, 2.75) is 24.6 Å². The molecular formula is C12H15Cl2NO3S. The molecule has 2 rings (SSSR count). The maximum absolute atomic E-state index is 11.6. The van der Waals surface area contributed by atoms with Crippen LogP contribution in [0.3, 0.4) is 0 Å². The fourth-order valence-corrected chi connectivity index (χ4v) is 4.54. The molecule has 2 N–H and O–H groups in total. The van der Waals surface area contributed by atoms with Crippen LogP contribution in [0, 0.1) is 0 Å². The Labute approximate surface area is 122 Å². The van der Waals surface area contributed by atoms with E-state index in [0.717, 1.165) is 6.42 Å². The zero-order valence-corrected chi connectivity index (χ0v) is 12.5. The summed E-state index contributed by atoms with van der Waals surface area (Å²) in [6.07, 6.45) is 1.42. The summed E-state index contributed by atoms with van der Waals surface area (Å²) in [7, 11) is -2.95. The van der Waals surface area contributed by atoms with E-state index < -0.39 is 9.84 Å². The number of halogens is 2. The molecule has 1 aliphatic rings. The van der Waals surface area contributed by atoms with E-state index in [1.54, 1.807) is 6.07 Å². The molecule has 1 aliphatic heterocycles. The van der Waals surface area contributed by atoms with Gasteiger partial charge < -0.3 is 10.4 Å². The predicted molar refractivity (Wildman–Crippen MR) is 76.6 cm³/mol. The first-order valence-corrected chi connectivity index (χ1v) is 8.46. The largest absolute Gasteiger partial charge is 0.506 e. The molecule has 1 fully saturated rings. The van der Waals surface area contributed by atoms with E-state index in [0.29, 0.717) is 30.1 Å². The summed E-state index contributed by atoms with van der Waals surface area (Å²) < 4.78 is 23.3. The van der Waals surface area contributed by atoms with E-state index in [1.807, 2.05) is 0 Å². The van der Waals surface area contributed by atoms with Crippen LogP contribution in [-0.2, 0) is 16.4 Å². The van der Waals surface area contributed by atoms with Crippen molar-refractivity contribution in [1.82, 2.24) is 5.32 Å². The highest BCUT2D eigenvalue weighted by molar-refractivity contribution is 7.92. The number of benzene rings is 1. The van der Waals surface area contributed by atoms with Gasteiger partial charge in [-0.05, 0) is 25.0 Å². The summed E-state index contributed by atoms with van der Waals surface area (Å²) in [4.78, 5) is 0. The lowest BCUT2D eigenvalue weighted by molar-refractivity contribution is 0.464. The van der Waals surface area contributed by atoms with Gasteiger partial charge in [0, 0.05) is 23.7 Å². The van der Waals surface area contributed by atoms with Crippen LogP contribution in [0.4, 0.5) is 0 Å². The summed E-state index contributed by atoms with van der Waals surface area (Å²) >= 11 is 11.7. The minimum Gasteiger partial charge on any atom is -0.506 e. The average Bonchev–Trinajstić information content (AvgIpc) is 2.65. The number of phenols is 1. The van der Waals surface area contributed by atoms with Crippen molar-refractivity contribution < 1.29 is 13.5 Å². The molecule has 19 heavy (non-hydrogen) atoms. The topological polar surface area (TPSA) is 66.4 Å². The molecule has 0 radical (unpaired) electrons. The maximum atomic E-state index is 11.6. The van der Waals surface area contributed by atoms with Crippen molar-refractivity contribution in [2.75, 3.05) is 12.3 Å². The average molecular weight is 324 g/mol. The molecule has 0 saturated carbocycles. The van der Waals surface area contributed by atoms with Gasteiger partial charge in [0.1, 0.15) is 5.75 Å². The Morgan fingerprint density at radius 1 is 1.37 bits per heavy atom. The summed E-state index contributed by atoms with van der Waals surface area (Å²) in [5.74, 6) is 0.251. The fourth-order valence-electron chi connectivity index (χ4n) is 2.21. The molecule has 0 spiro atoms. The first-order valence-electron chi connectivity index (χ1n) is 5.99. The van der Waals surface area contributed by atoms with Gasteiger partial charge in [0.25, 0.3) is 0 Å². The van der Waals surface area contributed by atoms with Crippen molar-refractivity contribution in [2.24, 2.45) is 0 Å². The van der Waals surface area contributed by atoms with Crippen LogP contribution >= 0.6 is 23.2 Å². The second-order valence-electron chi connectivity index (χ2n) is 4.66. The minimum absolute atomic E-state index is 0.0205. The van der Waals surface area contributed by atoms with Crippen molar-refractivity contribution in [3.05, 3.63) is 27.7 Å². The summed E-state index contributed by atoms with van der Waals surface area (Å²) in [5, 5.41) is 13.1. The second kappa shape index (κ2) is 5.87. The summed E-state index contributed by atoms with van der Waals surface area (Å²) in [5.41, 5.74) is 0.563. The van der Waals surface area contributed by atoms with Gasteiger partial charge in [0.15, 0.2) is 9.84 Å². The Balaban J connectivity index is 1.97. The van der Waals surface area contributed by atoms with Crippen LogP contribution in [0.1, 0.15) is 18.4 Å². The Hall–Kier alpha value is -0.490. The minimum atomic E-state index is -2.95. The van der Waals surface area contributed by atoms with Gasteiger partial charge in [0.2, 0.25) is 0 Å². The number of hydrogen-bond acceptors (Lipinski definition) is 4. The normalized spacial score (nSPS) is 21.7. The standard InChI is InChI=1S/C12H15Cl2NO3S/c13-9-4-8(12(16)11(14)5-9)6-15-7-10-2-1-3-19(10,17)18/h4-5,10,15-16H,1-3,6-7H2. The van der Waals surface area contributed by atoms with Crippen LogP contribution in [-0.4, -0.2) is 31.1 Å². The third-order valence-electron chi connectivity index (χ3n) is 3.26. The highest BCUT2D eigenvalue weighted by Gasteiger charge is 2.30. The van der Waals surface area contributed by atoms with Crippen LogP contribution in [0.2, 0.25) is 10.0 Å². The summed E-state index contributed by atoms with van der Waals surface area (Å²) in [6.45, 7) is 0.712.